The molecule has 3 N–H and O–H groups in total. The van der Waals surface area contributed by atoms with Gasteiger partial charge in [0.15, 0.2) is 0 Å². The van der Waals surface area contributed by atoms with Crippen LogP contribution in [0.5, 0.6) is 0 Å². The van der Waals surface area contributed by atoms with Crippen LogP contribution in [0.15, 0.2) is 18.3 Å². The maximum atomic E-state index is 12.0. The normalized spacial score (nSPS) is 19.7. The quantitative estimate of drug-likeness (QED) is 0.581. The van der Waals surface area contributed by atoms with Gasteiger partial charge in [-0.3, -0.25) is 19.6 Å². The van der Waals surface area contributed by atoms with E-state index in [9.17, 15) is 9.59 Å². The summed E-state index contributed by atoms with van der Waals surface area (Å²) in [5.74, 6) is -0.852. The number of carbonyl (C=O) groups is 2. The molecule has 6 heteroatoms. The summed E-state index contributed by atoms with van der Waals surface area (Å²) in [5, 5.41) is 7.65. The lowest BCUT2D eigenvalue weighted by Crippen LogP contribution is -2.39. The molecule has 19 heavy (non-hydrogen) atoms. The molecule has 1 aromatic carbocycles. The van der Waals surface area contributed by atoms with E-state index in [1.54, 1.807) is 10.7 Å². The first-order valence-electron chi connectivity index (χ1n) is 6.11. The lowest BCUT2D eigenvalue weighted by atomic mass is 9.89. The van der Waals surface area contributed by atoms with Gasteiger partial charge in [-0.25, -0.2) is 0 Å². The van der Waals surface area contributed by atoms with E-state index in [1.165, 1.54) is 0 Å². The van der Waals surface area contributed by atoms with E-state index in [-0.39, 0.29) is 17.7 Å². The van der Waals surface area contributed by atoms with Crippen LogP contribution in [0.3, 0.4) is 0 Å². The predicted molar refractivity (Wildman–Crippen MR) is 70.3 cm³/mol. The molecule has 1 fully saturated rings. The summed E-state index contributed by atoms with van der Waals surface area (Å²) in [5.41, 5.74) is 8.04. The number of amides is 2. The van der Waals surface area contributed by atoms with Crippen molar-refractivity contribution in [1.82, 2.24) is 15.1 Å². The number of aromatic nitrogens is 2. The Morgan fingerprint density at radius 1 is 1.42 bits per heavy atom. The van der Waals surface area contributed by atoms with Gasteiger partial charge in [-0.1, -0.05) is 0 Å². The number of nitrogens with two attached hydrogens (primary N) is 1. The van der Waals surface area contributed by atoms with Crippen LogP contribution in [0.4, 0.5) is 5.69 Å². The number of piperidine rings is 1. The summed E-state index contributed by atoms with van der Waals surface area (Å²) >= 11 is 0. The number of benzene rings is 1. The van der Waals surface area contributed by atoms with Crippen molar-refractivity contribution >= 4 is 28.4 Å². The topological polar surface area (TPSA) is 90.0 Å². The lowest BCUT2D eigenvalue weighted by Gasteiger charge is -2.21. The third kappa shape index (κ3) is 1.95. The third-order valence-electron chi connectivity index (χ3n) is 3.39. The van der Waals surface area contributed by atoms with Crippen LogP contribution in [-0.4, -0.2) is 21.6 Å². The number of nitrogens with zero attached hydrogens (tertiary/aromatic N) is 2. The molecule has 6 nitrogen and oxygen atoms in total. The van der Waals surface area contributed by atoms with Gasteiger partial charge in [-0.2, -0.15) is 5.10 Å². The fraction of sp³-hybridized carbons (Fsp3) is 0.308. The monoisotopic (exact) mass is 258 g/mol. The Balaban J connectivity index is 2.13. The van der Waals surface area contributed by atoms with E-state index in [1.807, 2.05) is 19.3 Å². The molecule has 2 heterocycles. The van der Waals surface area contributed by atoms with E-state index < -0.39 is 0 Å². The van der Waals surface area contributed by atoms with Crippen molar-refractivity contribution in [3.63, 3.8) is 0 Å². The van der Waals surface area contributed by atoms with Crippen molar-refractivity contribution in [1.29, 1.82) is 0 Å². The Hall–Kier alpha value is -2.37. The van der Waals surface area contributed by atoms with Gasteiger partial charge in [0.2, 0.25) is 11.8 Å². The van der Waals surface area contributed by atoms with E-state index in [0.717, 1.165) is 16.5 Å². The van der Waals surface area contributed by atoms with E-state index >= 15 is 0 Å². The molecule has 98 valence electrons. The van der Waals surface area contributed by atoms with Crippen LogP contribution >= 0.6 is 0 Å². The molecule has 1 aliphatic rings. The number of anilines is 1. The molecule has 1 aromatic heterocycles. The van der Waals surface area contributed by atoms with Crippen molar-refractivity contribution in [2.45, 2.75) is 18.8 Å². The summed E-state index contributed by atoms with van der Waals surface area (Å²) in [6.07, 6.45) is 2.71. The molecule has 3 rings (SSSR count). The number of aryl methyl sites for hydroxylation is 1. The van der Waals surface area contributed by atoms with Crippen LogP contribution in [-0.2, 0) is 16.6 Å². The average Bonchev–Trinajstić information content (AvgIpc) is 2.68. The summed E-state index contributed by atoms with van der Waals surface area (Å²) in [4.78, 5) is 23.2. The zero-order valence-electron chi connectivity index (χ0n) is 10.5. The Labute approximate surface area is 109 Å². The van der Waals surface area contributed by atoms with Gasteiger partial charge in [0, 0.05) is 30.7 Å². The summed E-state index contributed by atoms with van der Waals surface area (Å²) < 4.78 is 1.69. The Morgan fingerprint density at radius 3 is 2.95 bits per heavy atom. The minimum Gasteiger partial charge on any atom is -0.399 e. The molecule has 0 saturated carbocycles. The maximum absolute atomic E-state index is 12.0. The van der Waals surface area contributed by atoms with Gasteiger partial charge in [-0.05, 0) is 24.1 Å². The molecule has 1 saturated heterocycles. The largest absolute Gasteiger partial charge is 0.399 e. The first-order chi connectivity index (χ1) is 9.04. The molecule has 1 unspecified atom stereocenters. The SMILES string of the molecule is Cn1cc2cc(N)cc(C3CCC(=O)NC3=O)c2n1. The van der Waals surface area contributed by atoms with Crippen LogP contribution < -0.4 is 11.1 Å². The number of hydrogen-bond acceptors (Lipinski definition) is 4. The second-order valence-corrected chi connectivity index (χ2v) is 4.85. The average molecular weight is 258 g/mol. The second kappa shape index (κ2) is 4.08. The minimum atomic E-state index is -0.362. The standard InChI is InChI=1S/C13H14N4O2/c1-17-6-7-4-8(14)5-10(12(7)16-17)9-2-3-11(18)15-13(9)19/h4-6,9H,2-3,14H2,1H3,(H,15,18,19). The highest BCUT2D eigenvalue weighted by atomic mass is 16.2. The first-order valence-corrected chi connectivity index (χ1v) is 6.11. The van der Waals surface area contributed by atoms with Crippen LogP contribution in [0.1, 0.15) is 24.3 Å². The van der Waals surface area contributed by atoms with Crippen molar-refractivity contribution in [2.24, 2.45) is 7.05 Å². The highest BCUT2D eigenvalue weighted by molar-refractivity contribution is 6.03. The molecular formula is C13H14N4O2. The molecule has 2 amide bonds. The Bertz CT molecular complexity index is 689. The van der Waals surface area contributed by atoms with Gasteiger partial charge < -0.3 is 5.73 Å². The fourth-order valence-electron chi connectivity index (χ4n) is 2.56. The van der Waals surface area contributed by atoms with Gasteiger partial charge in [0.1, 0.15) is 0 Å². The van der Waals surface area contributed by atoms with Gasteiger partial charge in [0.05, 0.1) is 11.4 Å². The molecule has 0 radical (unpaired) electrons. The molecular weight excluding hydrogens is 244 g/mol. The van der Waals surface area contributed by atoms with Gasteiger partial charge in [0.25, 0.3) is 0 Å². The minimum absolute atomic E-state index is 0.220. The predicted octanol–water partition coefficient (Wildman–Crippen LogP) is 0.676. The molecule has 0 aliphatic carbocycles. The van der Waals surface area contributed by atoms with Crippen molar-refractivity contribution in [3.8, 4) is 0 Å². The summed E-state index contributed by atoms with van der Waals surface area (Å²) in [6.45, 7) is 0. The van der Waals surface area contributed by atoms with E-state index in [0.29, 0.717) is 18.5 Å². The van der Waals surface area contributed by atoms with Crippen LogP contribution in [0, 0.1) is 0 Å². The Morgan fingerprint density at radius 2 is 2.21 bits per heavy atom. The second-order valence-electron chi connectivity index (χ2n) is 4.85. The Kier molecular flexibility index (Phi) is 2.51. The zero-order valence-corrected chi connectivity index (χ0v) is 10.5. The lowest BCUT2D eigenvalue weighted by molar-refractivity contribution is -0.134. The zero-order chi connectivity index (χ0) is 13.6. The molecule has 2 aromatic rings. The number of carbonyl (C=O) groups excluding carboxylic acids is 2. The molecule has 0 spiro atoms. The molecule has 0 bridgehead atoms. The molecule has 1 atom stereocenters. The van der Waals surface area contributed by atoms with Gasteiger partial charge >= 0.3 is 0 Å². The molecule has 1 aliphatic heterocycles. The van der Waals surface area contributed by atoms with Crippen LogP contribution in [0.25, 0.3) is 10.9 Å². The highest BCUT2D eigenvalue weighted by Gasteiger charge is 2.30. The first kappa shape index (κ1) is 11.7. The number of hydrogen-bond donors (Lipinski definition) is 2. The van der Waals surface area contributed by atoms with Crippen molar-refractivity contribution in [2.75, 3.05) is 5.73 Å². The van der Waals surface area contributed by atoms with E-state index in [4.69, 9.17) is 5.73 Å². The number of imide groups is 1. The smallest absolute Gasteiger partial charge is 0.234 e. The highest BCUT2D eigenvalue weighted by Crippen LogP contribution is 2.32. The summed E-state index contributed by atoms with van der Waals surface area (Å²) in [7, 11) is 1.82. The van der Waals surface area contributed by atoms with Crippen LogP contribution in [0.2, 0.25) is 0 Å². The maximum Gasteiger partial charge on any atom is 0.234 e. The third-order valence-corrected chi connectivity index (χ3v) is 3.39. The number of nitrogen functional groups attached to an aromatic ring is 1. The fourth-order valence-corrected chi connectivity index (χ4v) is 2.56. The number of rotatable bonds is 1. The van der Waals surface area contributed by atoms with E-state index in [2.05, 4.69) is 10.4 Å². The van der Waals surface area contributed by atoms with Crippen molar-refractivity contribution < 1.29 is 9.59 Å². The number of fused-ring (bicyclic) bond motifs is 1. The van der Waals surface area contributed by atoms with Gasteiger partial charge in [-0.15, -0.1) is 0 Å². The number of nitrogens with one attached hydrogen (secondary N) is 1. The van der Waals surface area contributed by atoms with Crippen molar-refractivity contribution in [3.05, 3.63) is 23.9 Å². The summed E-state index contributed by atoms with van der Waals surface area (Å²) in [6, 6.07) is 3.60.